The van der Waals surface area contributed by atoms with Crippen molar-refractivity contribution in [3.63, 3.8) is 0 Å². The summed E-state index contributed by atoms with van der Waals surface area (Å²) in [5.41, 5.74) is 2.43. The zero-order valence-corrected chi connectivity index (χ0v) is 16.7. The van der Waals surface area contributed by atoms with Gasteiger partial charge in [-0.1, -0.05) is 12.1 Å². The third-order valence-electron chi connectivity index (χ3n) is 6.21. The van der Waals surface area contributed by atoms with Crippen molar-refractivity contribution >= 4 is 11.3 Å². The molecule has 1 spiro atoms. The monoisotopic (exact) mass is 389 g/mol. The lowest BCUT2D eigenvalue weighted by molar-refractivity contribution is -0.108. The van der Waals surface area contributed by atoms with Crippen LogP contribution in [0.1, 0.15) is 41.7 Å². The predicted molar refractivity (Wildman–Crippen MR) is 107 cm³/mol. The summed E-state index contributed by atoms with van der Waals surface area (Å²) in [6.45, 7) is 6.20. The second kappa shape index (κ2) is 8.00. The first-order valence-electron chi connectivity index (χ1n) is 9.82. The van der Waals surface area contributed by atoms with Crippen molar-refractivity contribution in [1.82, 2.24) is 5.32 Å². The van der Waals surface area contributed by atoms with Crippen molar-refractivity contribution < 1.29 is 13.9 Å². The molecule has 2 aliphatic rings. The van der Waals surface area contributed by atoms with Crippen molar-refractivity contribution in [1.29, 1.82) is 0 Å². The summed E-state index contributed by atoms with van der Waals surface area (Å²) in [5.74, 6) is -0.175. The molecule has 2 saturated heterocycles. The lowest BCUT2D eigenvalue weighted by Gasteiger charge is -2.46. The quantitative estimate of drug-likeness (QED) is 0.734. The van der Waals surface area contributed by atoms with E-state index in [1.54, 1.807) is 12.1 Å². The van der Waals surface area contributed by atoms with E-state index in [2.05, 4.69) is 23.7 Å². The second-order valence-electron chi connectivity index (χ2n) is 8.00. The van der Waals surface area contributed by atoms with Gasteiger partial charge in [0.1, 0.15) is 5.82 Å². The van der Waals surface area contributed by atoms with Gasteiger partial charge in [-0.2, -0.15) is 0 Å². The Morgan fingerprint density at radius 2 is 2.00 bits per heavy atom. The number of halogens is 1. The van der Waals surface area contributed by atoms with Crippen LogP contribution in [0.2, 0.25) is 0 Å². The number of aryl methyl sites for hydroxylation is 1. The Hall–Kier alpha value is -1.27. The standard InChI is InChI=1S/C22H28FNO2S/c1-17-6-13-27-20(17)14-24-10-7-21(18-2-4-19(23)5-3-18)8-12-26-22(15-21)9-11-25-16-22/h2-6,13,24H,7-12,14-16H2,1H3/t21-,22-/m1/s1. The van der Waals surface area contributed by atoms with Crippen molar-refractivity contribution in [3.8, 4) is 0 Å². The number of benzene rings is 1. The first kappa shape index (κ1) is 19.1. The molecule has 2 fully saturated rings. The predicted octanol–water partition coefficient (Wildman–Crippen LogP) is 4.58. The van der Waals surface area contributed by atoms with Crippen LogP contribution in [-0.2, 0) is 21.4 Å². The van der Waals surface area contributed by atoms with E-state index >= 15 is 0 Å². The molecule has 27 heavy (non-hydrogen) atoms. The van der Waals surface area contributed by atoms with Crippen LogP contribution in [0.25, 0.3) is 0 Å². The molecular formula is C22H28FNO2S. The summed E-state index contributed by atoms with van der Waals surface area (Å²) in [7, 11) is 0. The van der Waals surface area contributed by atoms with E-state index in [4.69, 9.17) is 9.47 Å². The van der Waals surface area contributed by atoms with E-state index in [9.17, 15) is 4.39 Å². The smallest absolute Gasteiger partial charge is 0.123 e. The molecule has 3 heterocycles. The van der Waals surface area contributed by atoms with Gasteiger partial charge >= 0.3 is 0 Å². The van der Waals surface area contributed by atoms with E-state index in [0.717, 1.165) is 52.0 Å². The van der Waals surface area contributed by atoms with E-state index in [-0.39, 0.29) is 16.8 Å². The number of nitrogens with one attached hydrogen (secondary N) is 1. The zero-order chi connectivity index (χ0) is 18.7. The summed E-state index contributed by atoms with van der Waals surface area (Å²) in [4.78, 5) is 1.40. The van der Waals surface area contributed by atoms with Crippen molar-refractivity contribution in [2.45, 2.75) is 50.2 Å². The maximum absolute atomic E-state index is 13.5. The largest absolute Gasteiger partial charge is 0.378 e. The molecule has 2 aromatic rings. The highest BCUT2D eigenvalue weighted by Crippen LogP contribution is 2.46. The van der Waals surface area contributed by atoms with Gasteiger partial charge in [0.15, 0.2) is 0 Å². The summed E-state index contributed by atoms with van der Waals surface area (Å²) < 4.78 is 25.4. The minimum absolute atomic E-state index is 0.0111. The van der Waals surface area contributed by atoms with E-state index in [1.807, 2.05) is 23.5 Å². The average Bonchev–Trinajstić information content (AvgIpc) is 3.28. The Balaban J connectivity index is 1.49. The molecule has 0 saturated carbocycles. The van der Waals surface area contributed by atoms with Crippen LogP contribution in [0, 0.1) is 12.7 Å². The molecule has 1 aromatic heterocycles. The van der Waals surface area contributed by atoms with Crippen LogP contribution in [0.3, 0.4) is 0 Å². The van der Waals surface area contributed by atoms with Gasteiger partial charge in [0.2, 0.25) is 0 Å². The molecule has 0 unspecified atom stereocenters. The fourth-order valence-electron chi connectivity index (χ4n) is 4.58. The molecule has 3 nitrogen and oxygen atoms in total. The van der Waals surface area contributed by atoms with Crippen LogP contribution in [0.4, 0.5) is 4.39 Å². The Labute approximate surface area is 164 Å². The zero-order valence-electron chi connectivity index (χ0n) is 15.9. The van der Waals surface area contributed by atoms with Crippen LogP contribution in [0.5, 0.6) is 0 Å². The highest BCUT2D eigenvalue weighted by molar-refractivity contribution is 7.10. The first-order valence-corrected chi connectivity index (χ1v) is 10.7. The fraction of sp³-hybridized carbons (Fsp3) is 0.545. The number of thiophene rings is 1. The maximum atomic E-state index is 13.5. The third-order valence-corrected chi connectivity index (χ3v) is 7.23. The number of rotatable bonds is 6. The van der Waals surface area contributed by atoms with Gasteiger partial charge < -0.3 is 14.8 Å². The minimum atomic E-state index is -0.175. The summed E-state index contributed by atoms with van der Waals surface area (Å²) in [5, 5.41) is 5.77. The van der Waals surface area contributed by atoms with Crippen molar-refractivity contribution in [3.05, 3.63) is 57.5 Å². The number of ether oxygens (including phenoxy) is 2. The molecule has 2 atom stereocenters. The molecule has 5 heteroatoms. The molecular weight excluding hydrogens is 361 g/mol. The summed E-state index contributed by atoms with van der Waals surface area (Å²) >= 11 is 1.81. The Kier molecular flexibility index (Phi) is 5.65. The topological polar surface area (TPSA) is 30.5 Å². The third kappa shape index (κ3) is 4.11. The normalized spacial score (nSPS) is 28.1. The van der Waals surface area contributed by atoms with Gasteiger partial charge in [-0.25, -0.2) is 4.39 Å². The van der Waals surface area contributed by atoms with Crippen LogP contribution in [-0.4, -0.2) is 32.0 Å². The molecule has 0 amide bonds. The van der Waals surface area contributed by atoms with Gasteiger partial charge in [0.25, 0.3) is 0 Å². The van der Waals surface area contributed by atoms with Crippen molar-refractivity contribution in [2.24, 2.45) is 0 Å². The number of hydrogen-bond donors (Lipinski definition) is 1. The molecule has 1 aromatic carbocycles. The van der Waals surface area contributed by atoms with Crippen LogP contribution >= 0.6 is 11.3 Å². The molecule has 0 radical (unpaired) electrons. The van der Waals surface area contributed by atoms with Crippen molar-refractivity contribution in [2.75, 3.05) is 26.4 Å². The molecule has 146 valence electrons. The summed E-state index contributed by atoms with van der Waals surface area (Å²) in [6, 6.07) is 9.28. The fourth-order valence-corrected chi connectivity index (χ4v) is 5.46. The summed E-state index contributed by atoms with van der Waals surface area (Å²) in [6.07, 6.45) is 3.90. The van der Waals surface area contributed by atoms with Gasteiger partial charge in [-0.15, -0.1) is 11.3 Å². The highest BCUT2D eigenvalue weighted by atomic mass is 32.1. The molecule has 2 aliphatic heterocycles. The Morgan fingerprint density at radius 3 is 2.70 bits per heavy atom. The van der Waals surface area contributed by atoms with Gasteiger partial charge in [0.05, 0.1) is 12.2 Å². The lowest BCUT2D eigenvalue weighted by Crippen LogP contribution is -2.49. The lowest BCUT2D eigenvalue weighted by atomic mass is 9.66. The van der Waals surface area contributed by atoms with E-state index in [1.165, 1.54) is 16.0 Å². The SMILES string of the molecule is Cc1ccsc1CNCC[C@@]1(c2ccc(F)cc2)CCO[C@]2(CCOC2)C1. The Bertz CT molecular complexity index is 754. The van der Waals surface area contributed by atoms with E-state index < -0.39 is 0 Å². The molecule has 0 bridgehead atoms. The van der Waals surface area contributed by atoms with Gasteiger partial charge in [-0.3, -0.25) is 0 Å². The Morgan fingerprint density at radius 1 is 1.15 bits per heavy atom. The first-order chi connectivity index (χ1) is 13.1. The van der Waals surface area contributed by atoms with Crippen LogP contribution < -0.4 is 5.32 Å². The van der Waals surface area contributed by atoms with E-state index in [0.29, 0.717) is 6.61 Å². The molecule has 4 rings (SSSR count). The highest BCUT2D eigenvalue weighted by Gasteiger charge is 2.48. The van der Waals surface area contributed by atoms with Gasteiger partial charge in [-0.05, 0) is 67.4 Å². The second-order valence-corrected chi connectivity index (χ2v) is 9.00. The van der Waals surface area contributed by atoms with Gasteiger partial charge in [0, 0.05) is 36.5 Å². The average molecular weight is 390 g/mol. The maximum Gasteiger partial charge on any atom is 0.123 e. The molecule has 0 aliphatic carbocycles. The minimum Gasteiger partial charge on any atom is -0.378 e. The number of hydrogen-bond acceptors (Lipinski definition) is 4. The van der Waals surface area contributed by atoms with Crippen LogP contribution in [0.15, 0.2) is 35.7 Å². The molecule has 1 N–H and O–H groups in total.